The average molecular weight is 407 g/mol. The van der Waals surface area contributed by atoms with Crippen LogP contribution >= 0.6 is 0 Å². The number of rotatable bonds is 4. The number of hydrogen-bond donors (Lipinski definition) is 1. The van der Waals surface area contributed by atoms with Gasteiger partial charge in [0, 0.05) is 0 Å². The number of fused-ring (bicyclic) bond motifs is 1. The fourth-order valence-corrected chi connectivity index (χ4v) is 4.45. The topological polar surface area (TPSA) is 144 Å². The summed E-state index contributed by atoms with van der Waals surface area (Å²) in [6.07, 6.45) is 0. The van der Waals surface area contributed by atoms with Crippen LogP contribution < -0.4 is 5.14 Å². The molecule has 2 atom stereocenters. The Labute approximate surface area is 160 Å². The number of nitrogens with two attached hydrogens (primary N) is 1. The first-order chi connectivity index (χ1) is 13.0. The molecule has 0 bridgehead atoms. The van der Waals surface area contributed by atoms with Crippen LogP contribution in [0.15, 0.2) is 35.5 Å². The number of hydrogen-bond acceptors (Lipinski definition) is 7. The number of amides is 3. The maximum atomic E-state index is 12.8. The predicted octanol–water partition coefficient (Wildman–Crippen LogP) is -0.425. The van der Waals surface area contributed by atoms with Crippen LogP contribution in [0, 0.1) is 0 Å². The Balaban J connectivity index is 2.09. The molecular formula is C17H17N3O7S. The second-order valence-electron chi connectivity index (χ2n) is 6.50. The highest BCUT2D eigenvalue weighted by atomic mass is 32.2. The Bertz CT molecular complexity index is 1020. The van der Waals surface area contributed by atoms with Crippen molar-refractivity contribution in [2.24, 2.45) is 5.14 Å². The number of esters is 1. The zero-order chi connectivity index (χ0) is 21.0. The lowest BCUT2D eigenvalue weighted by Crippen LogP contribution is -2.74. The van der Waals surface area contributed by atoms with Crippen molar-refractivity contribution in [1.29, 1.82) is 0 Å². The maximum absolute atomic E-state index is 12.8. The van der Waals surface area contributed by atoms with E-state index in [2.05, 4.69) is 4.74 Å². The highest BCUT2D eigenvalue weighted by Crippen LogP contribution is 2.37. The lowest BCUT2D eigenvalue weighted by Gasteiger charge is -2.48. The van der Waals surface area contributed by atoms with Gasteiger partial charge < -0.3 is 4.74 Å². The van der Waals surface area contributed by atoms with Crippen molar-refractivity contribution in [3.63, 3.8) is 0 Å². The molecule has 148 valence electrons. The van der Waals surface area contributed by atoms with E-state index in [1.807, 2.05) is 0 Å². The van der Waals surface area contributed by atoms with Gasteiger partial charge >= 0.3 is 5.97 Å². The van der Waals surface area contributed by atoms with E-state index in [4.69, 9.17) is 5.14 Å². The fraction of sp³-hybridized carbons (Fsp3) is 0.294. The summed E-state index contributed by atoms with van der Waals surface area (Å²) >= 11 is 0. The number of sulfonamides is 1. The SMILES string of the molecule is COC(=O)C(=C(C)C)N1C(=O)[C@@H](N2C(=O)c3ccccc3C2=O)[C@H]1S(N)(=O)=O. The van der Waals surface area contributed by atoms with Crippen molar-refractivity contribution in [3.05, 3.63) is 46.7 Å². The second kappa shape index (κ2) is 6.53. The number of imide groups is 1. The zero-order valence-electron chi connectivity index (χ0n) is 15.2. The number of primary sulfonamides is 1. The molecule has 2 aliphatic heterocycles. The summed E-state index contributed by atoms with van der Waals surface area (Å²) in [6, 6.07) is 4.20. The first-order valence-electron chi connectivity index (χ1n) is 8.09. The van der Waals surface area contributed by atoms with E-state index >= 15 is 0 Å². The molecule has 2 N–H and O–H groups in total. The third-order valence-corrected chi connectivity index (χ3v) is 5.69. The van der Waals surface area contributed by atoms with Crippen LogP contribution in [0.5, 0.6) is 0 Å². The Hall–Kier alpha value is -3.05. The molecule has 0 aliphatic carbocycles. The molecular weight excluding hydrogens is 390 g/mol. The van der Waals surface area contributed by atoms with Gasteiger partial charge in [-0.15, -0.1) is 0 Å². The van der Waals surface area contributed by atoms with Crippen molar-refractivity contribution < 1.29 is 32.3 Å². The van der Waals surface area contributed by atoms with Crippen LogP contribution in [0.1, 0.15) is 34.6 Å². The molecule has 0 saturated carbocycles. The minimum Gasteiger partial charge on any atom is -0.464 e. The number of carbonyl (C=O) groups excluding carboxylic acids is 4. The maximum Gasteiger partial charge on any atom is 0.354 e. The standard InChI is InChI=1S/C17H17N3O7S/c1-8(2)11(17(24)27-3)20-15(23)12(16(20)28(18,25)26)19-13(21)9-6-4-5-7-10(9)14(19)22/h4-7,12,16H,1-3H3,(H2,18,25,26)/t12-,16-/m1/s1. The van der Waals surface area contributed by atoms with Crippen molar-refractivity contribution in [2.45, 2.75) is 25.3 Å². The molecule has 1 saturated heterocycles. The van der Waals surface area contributed by atoms with Crippen LogP contribution in [0.25, 0.3) is 0 Å². The van der Waals surface area contributed by atoms with Gasteiger partial charge in [-0.1, -0.05) is 12.1 Å². The summed E-state index contributed by atoms with van der Waals surface area (Å²) in [5.41, 5.74) is 0.110. The lowest BCUT2D eigenvalue weighted by atomic mass is 10.0. The third kappa shape index (κ3) is 2.70. The Morgan fingerprint density at radius 3 is 1.96 bits per heavy atom. The highest BCUT2D eigenvalue weighted by Gasteiger charge is 2.62. The molecule has 10 nitrogen and oxygen atoms in total. The molecule has 1 fully saturated rings. The number of allylic oxidation sites excluding steroid dienone is 1. The van der Waals surface area contributed by atoms with E-state index in [0.29, 0.717) is 15.4 Å². The quantitative estimate of drug-likeness (QED) is 0.309. The molecule has 0 aromatic heterocycles. The molecule has 1 aromatic carbocycles. The van der Waals surface area contributed by atoms with Crippen LogP contribution in [0.2, 0.25) is 0 Å². The average Bonchev–Trinajstić information content (AvgIpc) is 2.86. The Morgan fingerprint density at radius 2 is 1.57 bits per heavy atom. The van der Waals surface area contributed by atoms with E-state index < -0.39 is 45.1 Å². The van der Waals surface area contributed by atoms with Crippen LogP contribution in [0.3, 0.4) is 0 Å². The molecule has 0 spiro atoms. The van der Waals surface area contributed by atoms with E-state index in [9.17, 15) is 27.6 Å². The summed E-state index contributed by atoms with van der Waals surface area (Å²) in [5.74, 6) is -3.47. The molecule has 2 heterocycles. The lowest BCUT2D eigenvalue weighted by molar-refractivity contribution is -0.153. The molecule has 3 rings (SSSR count). The number of methoxy groups -OCH3 is 1. The van der Waals surface area contributed by atoms with E-state index in [-0.39, 0.29) is 16.8 Å². The Kier molecular flexibility index (Phi) is 4.60. The largest absolute Gasteiger partial charge is 0.464 e. The zero-order valence-corrected chi connectivity index (χ0v) is 16.0. The van der Waals surface area contributed by atoms with E-state index in [0.717, 1.165) is 7.11 Å². The first-order valence-corrected chi connectivity index (χ1v) is 9.70. The minimum atomic E-state index is -4.47. The number of nitrogens with zero attached hydrogens (tertiary/aromatic N) is 2. The second-order valence-corrected chi connectivity index (χ2v) is 8.16. The van der Waals surface area contributed by atoms with E-state index in [1.165, 1.54) is 38.1 Å². The molecule has 0 radical (unpaired) electrons. The number of likely N-dealkylation sites (tertiary alicyclic amines) is 1. The number of carbonyl (C=O) groups is 4. The number of ether oxygens (including phenoxy) is 1. The summed E-state index contributed by atoms with van der Waals surface area (Å²) in [7, 11) is -3.40. The summed E-state index contributed by atoms with van der Waals surface area (Å²) in [4.78, 5) is 51.5. The smallest absolute Gasteiger partial charge is 0.354 e. The van der Waals surface area contributed by atoms with Gasteiger partial charge in [0.05, 0.1) is 18.2 Å². The van der Waals surface area contributed by atoms with Gasteiger partial charge in [-0.05, 0) is 31.6 Å². The summed E-state index contributed by atoms with van der Waals surface area (Å²) in [5, 5.41) is 3.48. The van der Waals surface area contributed by atoms with Gasteiger partial charge in [0.1, 0.15) is 5.70 Å². The van der Waals surface area contributed by atoms with Gasteiger partial charge in [0.25, 0.3) is 17.7 Å². The van der Waals surface area contributed by atoms with Crippen LogP contribution in [-0.4, -0.2) is 60.4 Å². The van der Waals surface area contributed by atoms with Crippen LogP contribution in [0.4, 0.5) is 0 Å². The number of β-lactam (4-membered cyclic amide) rings is 1. The first kappa shape index (κ1) is 19.7. The molecule has 3 amide bonds. The van der Waals surface area contributed by atoms with Crippen molar-refractivity contribution >= 4 is 33.7 Å². The molecule has 28 heavy (non-hydrogen) atoms. The highest BCUT2D eigenvalue weighted by molar-refractivity contribution is 7.90. The van der Waals surface area contributed by atoms with Crippen LogP contribution in [-0.2, 0) is 24.3 Å². The van der Waals surface area contributed by atoms with Crippen molar-refractivity contribution in [1.82, 2.24) is 9.80 Å². The third-order valence-electron chi connectivity index (χ3n) is 4.55. The van der Waals surface area contributed by atoms with Crippen molar-refractivity contribution in [2.75, 3.05) is 7.11 Å². The molecule has 0 unspecified atom stereocenters. The predicted molar refractivity (Wildman–Crippen MR) is 94.9 cm³/mol. The Morgan fingerprint density at radius 1 is 1.07 bits per heavy atom. The van der Waals surface area contributed by atoms with Gasteiger partial charge in [-0.2, -0.15) is 0 Å². The summed E-state index contributed by atoms with van der Waals surface area (Å²) < 4.78 is 29.1. The molecule has 2 aliphatic rings. The minimum absolute atomic E-state index is 0.0577. The number of benzene rings is 1. The van der Waals surface area contributed by atoms with Gasteiger partial charge in [-0.25, -0.2) is 18.4 Å². The normalized spacial score (nSPS) is 21.4. The summed E-state index contributed by atoms with van der Waals surface area (Å²) in [6.45, 7) is 2.96. The monoisotopic (exact) mass is 407 g/mol. The van der Waals surface area contributed by atoms with Gasteiger partial charge in [-0.3, -0.25) is 24.2 Å². The molecule has 11 heteroatoms. The van der Waals surface area contributed by atoms with E-state index in [1.54, 1.807) is 0 Å². The van der Waals surface area contributed by atoms with Gasteiger partial charge in [0.15, 0.2) is 11.4 Å². The fourth-order valence-electron chi connectivity index (χ4n) is 3.35. The van der Waals surface area contributed by atoms with Gasteiger partial charge in [0.2, 0.25) is 10.0 Å². The molecule has 1 aromatic rings. The van der Waals surface area contributed by atoms with Crippen molar-refractivity contribution in [3.8, 4) is 0 Å².